The second-order valence-corrected chi connectivity index (χ2v) is 9.47. The number of thioether (sulfide) groups is 1. The van der Waals surface area contributed by atoms with Gasteiger partial charge in [-0.25, -0.2) is 4.39 Å². The zero-order chi connectivity index (χ0) is 25.8. The summed E-state index contributed by atoms with van der Waals surface area (Å²) in [5.74, 6) is 0.129. The molecule has 184 valence electrons. The number of nitrogens with one attached hydrogen (secondary N) is 1. The van der Waals surface area contributed by atoms with E-state index in [4.69, 9.17) is 23.2 Å². The van der Waals surface area contributed by atoms with Crippen LogP contribution < -0.4 is 5.32 Å². The van der Waals surface area contributed by atoms with Crippen molar-refractivity contribution in [1.82, 2.24) is 20.1 Å². The summed E-state index contributed by atoms with van der Waals surface area (Å²) in [6.07, 6.45) is 0. The van der Waals surface area contributed by atoms with Crippen LogP contribution in [-0.2, 0) is 5.75 Å². The minimum Gasteiger partial charge on any atom is -0.342 e. The molecule has 1 unspecified atom stereocenters. The predicted molar refractivity (Wildman–Crippen MR) is 136 cm³/mol. The molecule has 0 aliphatic carbocycles. The van der Waals surface area contributed by atoms with Gasteiger partial charge < -0.3 is 5.32 Å². The van der Waals surface area contributed by atoms with Crippen LogP contribution in [0.2, 0.25) is 10.0 Å². The summed E-state index contributed by atoms with van der Waals surface area (Å²) in [7, 11) is 0. The smallest absolute Gasteiger partial charge is 0.269 e. The third kappa shape index (κ3) is 5.84. The Hall–Kier alpha value is -3.47. The van der Waals surface area contributed by atoms with Gasteiger partial charge in [0.2, 0.25) is 0 Å². The topological polar surface area (TPSA) is 103 Å². The van der Waals surface area contributed by atoms with Gasteiger partial charge in [0.05, 0.1) is 21.6 Å². The van der Waals surface area contributed by atoms with Gasteiger partial charge in [-0.2, -0.15) is 0 Å². The highest BCUT2D eigenvalue weighted by atomic mass is 35.5. The monoisotopic (exact) mass is 545 g/mol. The Kier molecular flexibility index (Phi) is 7.88. The van der Waals surface area contributed by atoms with Crippen LogP contribution in [0, 0.1) is 15.9 Å². The molecule has 0 fully saturated rings. The van der Waals surface area contributed by atoms with Crippen molar-refractivity contribution in [1.29, 1.82) is 0 Å². The molecule has 1 amide bonds. The number of hydrogen-bond donors (Lipinski definition) is 1. The minimum absolute atomic E-state index is 0.0624. The van der Waals surface area contributed by atoms with E-state index in [-0.39, 0.29) is 22.1 Å². The summed E-state index contributed by atoms with van der Waals surface area (Å²) in [4.78, 5) is 23.5. The van der Waals surface area contributed by atoms with Crippen molar-refractivity contribution in [3.8, 4) is 5.69 Å². The van der Waals surface area contributed by atoms with E-state index in [1.165, 1.54) is 48.2 Å². The molecule has 36 heavy (non-hydrogen) atoms. The van der Waals surface area contributed by atoms with E-state index >= 15 is 0 Å². The first kappa shape index (κ1) is 25.6. The van der Waals surface area contributed by atoms with E-state index in [0.717, 1.165) is 5.56 Å². The van der Waals surface area contributed by atoms with Crippen LogP contribution in [-0.4, -0.2) is 25.6 Å². The van der Waals surface area contributed by atoms with Crippen molar-refractivity contribution in [3.63, 3.8) is 0 Å². The maximum Gasteiger partial charge on any atom is 0.269 e. The summed E-state index contributed by atoms with van der Waals surface area (Å²) in [5, 5.41) is 23.6. The average Bonchev–Trinajstić information content (AvgIpc) is 3.27. The molecule has 8 nitrogen and oxygen atoms in total. The fourth-order valence-electron chi connectivity index (χ4n) is 3.36. The summed E-state index contributed by atoms with van der Waals surface area (Å²) in [6, 6.07) is 16.0. The first-order valence-corrected chi connectivity index (χ1v) is 12.3. The molecule has 1 heterocycles. The number of halogens is 3. The van der Waals surface area contributed by atoms with E-state index in [0.29, 0.717) is 27.4 Å². The van der Waals surface area contributed by atoms with Gasteiger partial charge in [0.25, 0.3) is 11.6 Å². The maximum absolute atomic E-state index is 13.3. The first-order valence-electron chi connectivity index (χ1n) is 10.6. The second-order valence-electron chi connectivity index (χ2n) is 7.68. The number of aromatic nitrogens is 3. The van der Waals surface area contributed by atoms with Crippen LogP contribution in [0.5, 0.6) is 0 Å². The number of non-ortho nitro benzene ring substituents is 1. The van der Waals surface area contributed by atoms with Crippen molar-refractivity contribution < 1.29 is 14.1 Å². The van der Waals surface area contributed by atoms with Crippen LogP contribution in [0.25, 0.3) is 5.69 Å². The molecule has 1 N–H and O–H groups in total. The van der Waals surface area contributed by atoms with Crippen molar-refractivity contribution in [2.24, 2.45) is 0 Å². The summed E-state index contributed by atoms with van der Waals surface area (Å²) in [6.45, 7) is 1.74. The number of rotatable bonds is 8. The number of hydrogen-bond acceptors (Lipinski definition) is 6. The molecule has 0 spiro atoms. The molecule has 0 saturated carbocycles. The zero-order valence-corrected chi connectivity index (χ0v) is 21.0. The molecule has 0 bridgehead atoms. The van der Waals surface area contributed by atoms with Crippen LogP contribution in [0.4, 0.5) is 10.1 Å². The van der Waals surface area contributed by atoms with E-state index in [9.17, 15) is 19.3 Å². The van der Waals surface area contributed by atoms with Gasteiger partial charge >= 0.3 is 0 Å². The average molecular weight is 546 g/mol. The molecule has 3 aromatic carbocycles. The third-order valence-electron chi connectivity index (χ3n) is 5.17. The highest BCUT2D eigenvalue weighted by molar-refractivity contribution is 7.98. The molecule has 4 rings (SSSR count). The number of nitro groups is 1. The van der Waals surface area contributed by atoms with Crippen LogP contribution in [0.3, 0.4) is 0 Å². The van der Waals surface area contributed by atoms with Crippen molar-refractivity contribution in [3.05, 3.63) is 110 Å². The van der Waals surface area contributed by atoms with Gasteiger partial charge in [0.1, 0.15) is 5.82 Å². The van der Waals surface area contributed by atoms with Gasteiger partial charge in [-0.15, -0.1) is 10.2 Å². The lowest BCUT2D eigenvalue weighted by atomic mass is 10.2. The normalized spacial score (nSPS) is 11.8. The number of carbonyl (C=O) groups is 1. The largest absolute Gasteiger partial charge is 0.342 e. The maximum atomic E-state index is 13.3. The number of nitrogens with zero attached hydrogens (tertiary/aromatic N) is 4. The Labute approximate surface area is 219 Å². The number of nitro benzene ring substituents is 1. The SMILES string of the molecule is CC(NC(=O)c1ccc(Cl)cc1Cl)c1nnc(SCc2ccc(F)cc2)n1-c1ccc([N+](=O)[O-])cc1. The second kappa shape index (κ2) is 11.1. The lowest BCUT2D eigenvalue weighted by Gasteiger charge is -2.17. The number of carbonyl (C=O) groups excluding carboxylic acids is 1. The zero-order valence-electron chi connectivity index (χ0n) is 18.7. The molecular formula is C24H18Cl2FN5O3S. The van der Waals surface area contributed by atoms with Gasteiger partial charge in [-0.05, 0) is 55.0 Å². The fraction of sp³-hybridized carbons (Fsp3) is 0.125. The van der Waals surface area contributed by atoms with Crippen LogP contribution in [0.1, 0.15) is 34.7 Å². The van der Waals surface area contributed by atoms with Crippen molar-refractivity contribution >= 4 is 46.6 Å². The quantitative estimate of drug-likeness (QED) is 0.156. The minimum atomic E-state index is -0.605. The highest BCUT2D eigenvalue weighted by Crippen LogP contribution is 2.29. The highest BCUT2D eigenvalue weighted by Gasteiger charge is 2.23. The summed E-state index contributed by atoms with van der Waals surface area (Å²) >= 11 is 13.5. The third-order valence-corrected chi connectivity index (χ3v) is 6.72. The molecule has 4 aromatic rings. The number of benzene rings is 3. The molecule has 12 heteroatoms. The molecule has 0 saturated heterocycles. The van der Waals surface area contributed by atoms with Gasteiger partial charge in [-0.1, -0.05) is 47.1 Å². The predicted octanol–water partition coefficient (Wildman–Crippen LogP) is 6.40. The summed E-state index contributed by atoms with van der Waals surface area (Å²) in [5.41, 5.74) is 1.64. The number of amides is 1. The molecule has 0 aliphatic rings. The molecular weight excluding hydrogens is 528 g/mol. The standard InChI is InChI=1S/C24H18Cl2FN5O3S/c1-14(28-23(33)20-11-4-16(25)12-21(20)26)22-29-30-24(36-13-15-2-5-17(27)6-3-15)31(22)18-7-9-19(10-8-18)32(34)35/h2-12,14H,13H2,1H3,(H,28,33). The Morgan fingerprint density at radius 1 is 1.11 bits per heavy atom. The Bertz CT molecular complexity index is 1410. The lowest BCUT2D eigenvalue weighted by Crippen LogP contribution is -2.28. The van der Waals surface area contributed by atoms with E-state index in [1.807, 2.05) is 0 Å². The van der Waals surface area contributed by atoms with E-state index < -0.39 is 16.9 Å². The van der Waals surface area contributed by atoms with Gasteiger partial charge in [0.15, 0.2) is 11.0 Å². The van der Waals surface area contributed by atoms with Crippen molar-refractivity contribution in [2.45, 2.75) is 23.9 Å². The van der Waals surface area contributed by atoms with E-state index in [1.54, 1.807) is 41.8 Å². The van der Waals surface area contributed by atoms with Gasteiger partial charge in [0, 0.05) is 28.6 Å². The molecule has 0 aliphatic heterocycles. The van der Waals surface area contributed by atoms with Crippen molar-refractivity contribution in [2.75, 3.05) is 0 Å². The van der Waals surface area contributed by atoms with Gasteiger partial charge in [-0.3, -0.25) is 19.5 Å². The fourth-order valence-corrected chi connectivity index (χ4v) is 4.77. The molecule has 1 atom stereocenters. The lowest BCUT2D eigenvalue weighted by molar-refractivity contribution is -0.384. The molecule has 1 aromatic heterocycles. The van der Waals surface area contributed by atoms with Crippen LogP contribution >= 0.6 is 35.0 Å². The van der Waals surface area contributed by atoms with Crippen LogP contribution in [0.15, 0.2) is 71.9 Å². The van der Waals surface area contributed by atoms with E-state index in [2.05, 4.69) is 15.5 Å². The summed E-state index contributed by atoms with van der Waals surface area (Å²) < 4.78 is 15.0. The first-order chi connectivity index (χ1) is 17.2. The Balaban J connectivity index is 1.64. The molecule has 0 radical (unpaired) electrons. The Morgan fingerprint density at radius 3 is 2.44 bits per heavy atom. The Morgan fingerprint density at radius 2 is 1.81 bits per heavy atom.